The quantitative estimate of drug-likeness (QED) is 0.129. The molecular weight excluding hydrogens is 1250 g/mol. The Kier molecular flexibility index (Phi) is 16.2. The summed E-state index contributed by atoms with van der Waals surface area (Å²) in [5, 5.41) is 7.64. The standard InChI is InChI=1S/C54H38N4.C25H19N.C6H4Br2/c1-3-16-39(17-4-1)55(41-30-34-43(35-31-41)57-51-26-11-7-22-47(51)48-23-8-12-27-52(48)57)45-20-15-21-46(38-45)56(40-18-5-2-6-19-40)42-32-36-44(37-33-42)58-53-28-13-9-24-49(53)50-25-10-14-29-54(50)58;1-2-8-19(9-3-1)18-20-14-16-21(17-15-20)26-24-12-6-4-10-22(24)23-11-5-7-13-25(23)26;7-5-2-1-3-6(8)4-5/h1-38H;1-17H,18H2;1-4H. The van der Waals surface area contributed by atoms with Crippen LogP contribution in [0.4, 0.5) is 34.1 Å². The number of hydrogen-bond acceptors (Lipinski definition) is 2. The van der Waals surface area contributed by atoms with Crippen molar-refractivity contribution >= 4 is 131 Å². The van der Waals surface area contributed by atoms with E-state index in [0.717, 1.165) is 60.9 Å². The summed E-state index contributed by atoms with van der Waals surface area (Å²) >= 11 is 6.66. The first kappa shape index (κ1) is 57.5. The number of benzene rings is 14. The number of para-hydroxylation sites is 8. The zero-order valence-electron chi connectivity index (χ0n) is 50.3. The third-order valence-corrected chi connectivity index (χ3v) is 18.1. The van der Waals surface area contributed by atoms with Gasteiger partial charge < -0.3 is 23.5 Å². The summed E-state index contributed by atoms with van der Waals surface area (Å²) in [6.07, 6.45) is 0.967. The van der Waals surface area contributed by atoms with E-state index >= 15 is 0 Å². The molecular formula is C85H61Br2N5. The Hall–Kier alpha value is -11.0. The molecule has 17 aromatic rings. The van der Waals surface area contributed by atoms with E-state index in [1.54, 1.807) is 0 Å². The topological polar surface area (TPSA) is 21.3 Å². The third-order valence-electron chi connectivity index (χ3n) is 17.1. The second kappa shape index (κ2) is 25.9. The van der Waals surface area contributed by atoms with Crippen molar-refractivity contribution in [1.29, 1.82) is 0 Å². The van der Waals surface area contributed by atoms with Gasteiger partial charge in [0, 0.05) is 92.4 Å². The molecule has 92 heavy (non-hydrogen) atoms. The van der Waals surface area contributed by atoms with Gasteiger partial charge in [0.05, 0.1) is 33.1 Å². The summed E-state index contributed by atoms with van der Waals surface area (Å²) in [6, 6.07) is 127. The Labute approximate surface area is 552 Å². The fourth-order valence-corrected chi connectivity index (χ4v) is 14.1. The molecule has 14 aromatic carbocycles. The Morgan fingerprint density at radius 3 is 0.772 bits per heavy atom. The van der Waals surface area contributed by atoms with E-state index in [0.29, 0.717) is 0 Å². The van der Waals surface area contributed by atoms with Crippen molar-refractivity contribution in [1.82, 2.24) is 13.7 Å². The van der Waals surface area contributed by atoms with Gasteiger partial charge in [0.25, 0.3) is 0 Å². The van der Waals surface area contributed by atoms with Crippen molar-refractivity contribution in [3.8, 4) is 17.1 Å². The number of aromatic nitrogens is 3. The summed E-state index contributed by atoms with van der Waals surface area (Å²) < 4.78 is 9.30. The minimum Gasteiger partial charge on any atom is -0.310 e. The monoisotopic (exact) mass is 1310 g/mol. The van der Waals surface area contributed by atoms with Crippen molar-refractivity contribution in [2.75, 3.05) is 9.80 Å². The molecule has 0 saturated heterocycles. The average Bonchev–Trinajstić information content (AvgIpc) is 1.67. The average molecular weight is 1310 g/mol. The molecule has 440 valence electrons. The molecule has 0 amide bonds. The first-order chi connectivity index (χ1) is 45.5. The lowest BCUT2D eigenvalue weighted by molar-refractivity contribution is 1.15. The van der Waals surface area contributed by atoms with Crippen molar-refractivity contribution < 1.29 is 0 Å². The molecule has 0 saturated carbocycles. The lowest BCUT2D eigenvalue weighted by atomic mass is 10.0. The molecule has 17 rings (SSSR count). The zero-order valence-corrected chi connectivity index (χ0v) is 53.4. The minimum absolute atomic E-state index is 0.967. The summed E-state index contributed by atoms with van der Waals surface area (Å²) in [5.41, 5.74) is 19.9. The van der Waals surface area contributed by atoms with Gasteiger partial charge in [-0.3, -0.25) is 0 Å². The molecule has 0 aliphatic heterocycles. The molecule has 7 heteroatoms. The second-order valence-electron chi connectivity index (χ2n) is 22.8. The molecule has 3 aromatic heterocycles. The Balaban J connectivity index is 0.000000169. The van der Waals surface area contributed by atoms with Gasteiger partial charge in [0.1, 0.15) is 0 Å². The maximum Gasteiger partial charge on any atom is 0.0541 e. The molecule has 0 atom stereocenters. The molecule has 0 spiro atoms. The zero-order chi connectivity index (χ0) is 61.7. The summed E-state index contributed by atoms with van der Waals surface area (Å²) in [6.45, 7) is 0. The number of halogens is 2. The number of rotatable bonds is 11. The highest BCUT2D eigenvalue weighted by atomic mass is 79.9. The smallest absolute Gasteiger partial charge is 0.0541 e. The van der Waals surface area contributed by atoms with Crippen LogP contribution in [0.3, 0.4) is 0 Å². The first-order valence-electron chi connectivity index (χ1n) is 31.0. The van der Waals surface area contributed by atoms with Crippen LogP contribution in [0, 0.1) is 0 Å². The highest BCUT2D eigenvalue weighted by Gasteiger charge is 2.20. The van der Waals surface area contributed by atoms with Gasteiger partial charge in [0.2, 0.25) is 0 Å². The van der Waals surface area contributed by atoms with Crippen LogP contribution in [-0.4, -0.2) is 13.7 Å². The second-order valence-corrected chi connectivity index (χ2v) is 24.6. The molecule has 0 unspecified atom stereocenters. The number of nitrogens with zero attached hydrogens (tertiary/aromatic N) is 5. The van der Waals surface area contributed by atoms with Gasteiger partial charge in [-0.2, -0.15) is 0 Å². The van der Waals surface area contributed by atoms with Gasteiger partial charge in [0.15, 0.2) is 0 Å². The molecule has 0 aliphatic carbocycles. The molecule has 3 heterocycles. The highest BCUT2D eigenvalue weighted by Crippen LogP contribution is 2.42. The lowest BCUT2D eigenvalue weighted by Gasteiger charge is -2.29. The Morgan fingerprint density at radius 1 is 0.207 bits per heavy atom. The predicted molar refractivity (Wildman–Crippen MR) is 396 cm³/mol. The number of hydrogen-bond donors (Lipinski definition) is 0. The van der Waals surface area contributed by atoms with Crippen LogP contribution in [0.5, 0.6) is 0 Å². The van der Waals surface area contributed by atoms with Crippen LogP contribution >= 0.6 is 31.9 Å². The molecule has 0 aliphatic rings. The van der Waals surface area contributed by atoms with Crippen LogP contribution in [0.1, 0.15) is 11.1 Å². The molecule has 0 radical (unpaired) electrons. The van der Waals surface area contributed by atoms with E-state index in [2.05, 4.69) is 389 Å². The molecule has 0 fully saturated rings. The normalized spacial score (nSPS) is 11.2. The van der Waals surface area contributed by atoms with Gasteiger partial charge in [-0.1, -0.05) is 232 Å². The molecule has 0 bridgehead atoms. The minimum atomic E-state index is 0.967. The predicted octanol–water partition coefficient (Wildman–Crippen LogP) is 24.4. The van der Waals surface area contributed by atoms with Gasteiger partial charge in [-0.05, 0) is 175 Å². The van der Waals surface area contributed by atoms with Crippen LogP contribution in [0.25, 0.3) is 82.5 Å². The van der Waals surface area contributed by atoms with Crippen LogP contribution in [0.2, 0.25) is 0 Å². The van der Waals surface area contributed by atoms with E-state index in [9.17, 15) is 0 Å². The fraction of sp³-hybridized carbons (Fsp3) is 0.0118. The van der Waals surface area contributed by atoms with Crippen molar-refractivity contribution in [2.45, 2.75) is 6.42 Å². The van der Waals surface area contributed by atoms with Crippen molar-refractivity contribution in [3.63, 3.8) is 0 Å². The maximum absolute atomic E-state index is 3.33. The third kappa shape index (κ3) is 11.4. The molecule has 5 nitrogen and oxygen atoms in total. The van der Waals surface area contributed by atoms with Crippen LogP contribution < -0.4 is 9.80 Å². The lowest BCUT2D eigenvalue weighted by Crippen LogP contribution is -2.13. The van der Waals surface area contributed by atoms with Crippen LogP contribution in [-0.2, 0) is 6.42 Å². The summed E-state index contributed by atoms with van der Waals surface area (Å²) in [7, 11) is 0. The largest absolute Gasteiger partial charge is 0.310 e. The van der Waals surface area contributed by atoms with Crippen molar-refractivity contribution in [3.05, 3.63) is 378 Å². The van der Waals surface area contributed by atoms with E-state index in [1.165, 1.54) is 82.2 Å². The van der Waals surface area contributed by atoms with Crippen LogP contribution in [0.15, 0.2) is 367 Å². The van der Waals surface area contributed by atoms with E-state index in [4.69, 9.17) is 0 Å². The van der Waals surface area contributed by atoms with E-state index < -0.39 is 0 Å². The van der Waals surface area contributed by atoms with Gasteiger partial charge >= 0.3 is 0 Å². The summed E-state index contributed by atoms with van der Waals surface area (Å²) in [4.78, 5) is 4.68. The Bertz CT molecular complexity index is 4990. The van der Waals surface area contributed by atoms with Gasteiger partial charge in [-0.25, -0.2) is 0 Å². The SMILES string of the molecule is Brc1cccc(Br)c1.c1ccc(Cc2ccc(-n3c4ccccc4c4ccccc43)cc2)cc1.c1ccc(N(c2ccc(-n3c4ccccc4c4ccccc43)cc2)c2cccc(N(c3ccccc3)c3ccc(-n4c5ccccc5c5ccccc54)cc3)c2)cc1. The fourth-order valence-electron chi connectivity index (χ4n) is 13.0. The first-order valence-corrected chi connectivity index (χ1v) is 32.6. The van der Waals surface area contributed by atoms with Gasteiger partial charge in [-0.15, -0.1) is 0 Å². The van der Waals surface area contributed by atoms with E-state index in [-0.39, 0.29) is 0 Å². The molecule has 0 N–H and O–H groups in total. The number of anilines is 6. The number of fused-ring (bicyclic) bond motifs is 9. The maximum atomic E-state index is 3.33. The summed E-state index contributed by atoms with van der Waals surface area (Å²) in [5.74, 6) is 0. The van der Waals surface area contributed by atoms with Crippen molar-refractivity contribution in [2.24, 2.45) is 0 Å². The highest BCUT2D eigenvalue weighted by molar-refractivity contribution is 9.11. The van der Waals surface area contributed by atoms with E-state index in [1.807, 2.05) is 24.3 Å². The Morgan fingerprint density at radius 2 is 0.457 bits per heavy atom.